The number of nitrogens with two attached hydrogens (primary N) is 1. The summed E-state index contributed by atoms with van der Waals surface area (Å²) < 4.78 is 40.0. The first kappa shape index (κ1) is 23.8. The molecule has 0 aliphatic carbocycles. The van der Waals surface area contributed by atoms with Gasteiger partial charge in [0.05, 0.1) is 35.5 Å². The molecule has 1 aromatic heterocycles. The zero-order valence-electron chi connectivity index (χ0n) is 17.2. The Hall–Kier alpha value is -3.47. The third-order valence-electron chi connectivity index (χ3n) is 4.37. The summed E-state index contributed by atoms with van der Waals surface area (Å²) in [5.74, 6) is 0.343. The van der Waals surface area contributed by atoms with Crippen LogP contribution in [0, 0.1) is 0 Å². The summed E-state index contributed by atoms with van der Waals surface area (Å²) in [6.07, 6.45) is -0.776. The van der Waals surface area contributed by atoms with E-state index >= 15 is 0 Å². The molecule has 0 radical (unpaired) electrons. The van der Waals surface area contributed by atoms with Crippen LogP contribution in [-0.4, -0.2) is 46.5 Å². The molecular formula is C20H23F3N6O2. The van der Waals surface area contributed by atoms with Crippen LogP contribution in [0.2, 0.25) is 0 Å². The van der Waals surface area contributed by atoms with Crippen molar-refractivity contribution in [2.75, 3.05) is 13.7 Å². The molecule has 1 atom stereocenters. The van der Waals surface area contributed by atoms with Gasteiger partial charge in [0.25, 0.3) is 0 Å². The second-order valence-corrected chi connectivity index (χ2v) is 6.59. The molecule has 11 heteroatoms. The van der Waals surface area contributed by atoms with Crippen molar-refractivity contribution < 1.29 is 23.1 Å². The van der Waals surface area contributed by atoms with Gasteiger partial charge in [-0.05, 0) is 24.6 Å². The van der Waals surface area contributed by atoms with Gasteiger partial charge in [-0.15, -0.1) is 0 Å². The fraction of sp³-hybridized carbons (Fsp3) is 0.300. The van der Waals surface area contributed by atoms with Crippen LogP contribution >= 0.6 is 0 Å². The average Bonchev–Trinajstić information content (AvgIpc) is 3.17. The smallest absolute Gasteiger partial charge is 0.399 e. The molecule has 2 rings (SSSR count). The predicted octanol–water partition coefficient (Wildman–Crippen LogP) is 1.97. The second-order valence-electron chi connectivity index (χ2n) is 6.59. The maximum absolute atomic E-state index is 12.8. The minimum Gasteiger partial charge on any atom is -0.399 e. The van der Waals surface area contributed by atoms with Crippen LogP contribution in [-0.2, 0) is 18.0 Å². The highest BCUT2D eigenvalue weighted by atomic mass is 19.4. The fourth-order valence-electron chi connectivity index (χ4n) is 2.67. The highest BCUT2D eigenvalue weighted by Gasteiger charge is 2.30. The molecule has 31 heavy (non-hydrogen) atoms. The van der Waals surface area contributed by atoms with Gasteiger partial charge in [0.2, 0.25) is 0 Å². The highest BCUT2D eigenvalue weighted by Crippen LogP contribution is 2.30. The van der Waals surface area contributed by atoms with Crippen molar-refractivity contribution in [3.8, 4) is 0 Å². The highest BCUT2D eigenvalue weighted by molar-refractivity contribution is 6.22. The molecule has 4 N–H and O–H groups in total. The number of aromatic nitrogens is 2. The van der Waals surface area contributed by atoms with E-state index in [4.69, 9.17) is 5.73 Å². The number of benzene rings is 1. The molecule has 2 aromatic rings. The van der Waals surface area contributed by atoms with Gasteiger partial charge in [0.15, 0.2) is 6.29 Å². The lowest BCUT2D eigenvalue weighted by atomic mass is 10.1. The third-order valence-corrected chi connectivity index (χ3v) is 4.37. The number of aldehydes is 1. The predicted molar refractivity (Wildman–Crippen MR) is 110 cm³/mol. The number of rotatable bonds is 6. The van der Waals surface area contributed by atoms with Crippen molar-refractivity contribution in [3.63, 3.8) is 0 Å². The minimum absolute atomic E-state index is 0.0124. The average molecular weight is 436 g/mol. The normalized spacial score (nSPS) is 14.8. The van der Waals surface area contributed by atoms with E-state index in [9.17, 15) is 23.1 Å². The van der Waals surface area contributed by atoms with Crippen molar-refractivity contribution in [3.05, 3.63) is 64.6 Å². The number of aliphatic hydroxyl groups is 1. The zero-order valence-corrected chi connectivity index (χ0v) is 17.2. The van der Waals surface area contributed by atoms with Gasteiger partial charge in [-0.1, -0.05) is 12.1 Å². The molecule has 1 heterocycles. The zero-order chi connectivity index (χ0) is 23.2. The van der Waals surface area contributed by atoms with Crippen molar-refractivity contribution in [1.82, 2.24) is 15.1 Å². The van der Waals surface area contributed by atoms with E-state index in [0.29, 0.717) is 23.2 Å². The van der Waals surface area contributed by atoms with E-state index in [2.05, 4.69) is 20.4 Å². The molecule has 0 saturated carbocycles. The number of carbonyl (C=O) groups is 1. The number of amidine groups is 2. The van der Waals surface area contributed by atoms with E-state index in [0.717, 1.165) is 12.1 Å². The van der Waals surface area contributed by atoms with Crippen LogP contribution in [0.5, 0.6) is 0 Å². The number of aliphatic imine (C=N–C) groups is 2. The number of halogens is 3. The first-order valence-corrected chi connectivity index (χ1v) is 9.13. The molecule has 8 nitrogen and oxygen atoms in total. The summed E-state index contributed by atoms with van der Waals surface area (Å²) >= 11 is 0. The Morgan fingerprint density at radius 3 is 2.45 bits per heavy atom. The number of hydrogen-bond donors (Lipinski definition) is 3. The minimum atomic E-state index is -4.45. The van der Waals surface area contributed by atoms with Crippen molar-refractivity contribution in [1.29, 1.82) is 0 Å². The molecule has 0 amide bonds. The van der Waals surface area contributed by atoms with Crippen LogP contribution in [0.25, 0.3) is 0 Å². The number of aryl methyl sites for hydroxylation is 1. The summed E-state index contributed by atoms with van der Waals surface area (Å²) in [4.78, 5) is 20.3. The van der Waals surface area contributed by atoms with E-state index in [1.807, 2.05) is 0 Å². The van der Waals surface area contributed by atoms with Crippen LogP contribution in [0.4, 0.5) is 13.2 Å². The molecular weight excluding hydrogens is 413 g/mol. The Labute approximate surface area is 177 Å². The van der Waals surface area contributed by atoms with Crippen LogP contribution in [0.15, 0.2) is 57.9 Å². The number of nitrogens with zero attached hydrogens (tertiary/aromatic N) is 4. The summed E-state index contributed by atoms with van der Waals surface area (Å²) in [6, 6.07) is 3.90. The quantitative estimate of drug-likeness (QED) is 0.277. The first-order chi connectivity index (χ1) is 14.6. The van der Waals surface area contributed by atoms with Crippen molar-refractivity contribution >= 4 is 18.0 Å². The lowest BCUT2D eigenvalue weighted by Crippen LogP contribution is -2.35. The summed E-state index contributed by atoms with van der Waals surface area (Å²) in [5, 5.41) is 16.4. The number of nitrogens with one attached hydrogen (secondary N) is 1. The lowest BCUT2D eigenvalue weighted by molar-refractivity contribution is -0.137. The Bertz CT molecular complexity index is 1010. The second kappa shape index (κ2) is 10.0. The first-order valence-electron chi connectivity index (χ1n) is 9.13. The van der Waals surface area contributed by atoms with E-state index < -0.39 is 24.4 Å². The third kappa shape index (κ3) is 6.01. The molecule has 1 aromatic carbocycles. The van der Waals surface area contributed by atoms with Gasteiger partial charge in [-0.25, -0.2) is 0 Å². The van der Waals surface area contributed by atoms with Gasteiger partial charge in [-0.2, -0.15) is 18.3 Å². The molecule has 0 fully saturated rings. The summed E-state index contributed by atoms with van der Waals surface area (Å²) in [5.41, 5.74) is 5.86. The van der Waals surface area contributed by atoms with E-state index in [1.165, 1.54) is 19.2 Å². The lowest BCUT2D eigenvalue weighted by Gasteiger charge is -2.16. The summed E-state index contributed by atoms with van der Waals surface area (Å²) in [6.45, 7) is 1.06. The largest absolute Gasteiger partial charge is 0.416 e. The topological polar surface area (TPSA) is 118 Å². The molecule has 0 aliphatic rings. The molecule has 1 unspecified atom stereocenters. The number of carbonyl (C=O) groups excluding carboxylic acids is 1. The molecule has 0 bridgehead atoms. The molecule has 0 spiro atoms. The van der Waals surface area contributed by atoms with Gasteiger partial charge in [0, 0.05) is 26.0 Å². The van der Waals surface area contributed by atoms with Gasteiger partial charge in [-0.3, -0.25) is 19.5 Å². The van der Waals surface area contributed by atoms with E-state index in [1.54, 1.807) is 31.0 Å². The number of alkyl halides is 3. The Balaban J connectivity index is 2.46. The molecule has 166 valence electrons. The Morgan fingerprint density at radius 1 is 1.35 bits per heavy atom. The number of hydrogen-bond acceptors (Lipinski definition) is 6. The van der Waals surface area contributed by atoms with Crippen molar-refractivity contribution in [2.45, 2.75) is 19.1 Å². The van der Waals surface area contributed by atoms with Gasteiger partial charge >= 0.3 is 6.18 Å². The van der Waals surface area contributed by atoms with Crippen LogP contribution in [0.1, 0.15) is 29.7 Å². The van der Waals surface area contributed by atoms with Gasteiger partial charge < -0.3 is 16.2 Å². The van der Waals surface area contributed by atoms with E-state index in [-0.39, 0.29) is 17.1 Å². The van der Waals surface area contributed by atoms with Crippen molar-refractivity contribution in [2.24, 2.45) is 22.8 Å². The molecule has 0 saturated heterocycles. The Kier molecular flexibility index (Phi) is 7.70. The standard InChI is InChI=1S/C20H23F3N6O2/c1-12(13-4-6-15(7-5-13)20(21,22)23)27-19(16(10-30)17(24)11-31)28-18(25-2)14-8-26-29(3)9-14/h4-10,12,31H,11,24H2,1-3H3,(H,25,27,28). The fourth-order valence-corrected chi connectivity index (χ4v) is 2.67. The number of aliphatic hydroxyl groups excluding tert-OH is 1. The monoisotopic (exact) mass is 436 g/mol. The summed E-state index contributed by atoms with van der Waals surface area (Å²) in [7, 11) is 3.24. The van der Waals surface area contributed by atoms with Crippen LogP contribution < -0.4 is 11.1 Å². The Morgan fingerprint density at radius 2 is 2.00 bits per heavy atom. The maximum Gasteiger partial charge on any atom is 0.416 e. The van der Waals surface area contributed by atoms with Gasteiger partial charge in [0.1, 0.15) is 11.7 Å². The van der Waals surface area contributed by atoms with Crippen LogP contribution in [0.3, 0.4) is 0 Å². The molecule has 0 aliphatic heterocycles. The SMILES string of the molecule is CN=C(NC(=NC(C)c1ccc(C(F)(F)F)cc1)C(C=O)=C(N)CO)c1cnn(C)c1. The maximum atomic E-state index is 12.8.